The molecule has 19 heavy (non-hydrogen) atoms. The number of hydrogen-bond acceptors (Lipinski definition) is 2. The summed E-state index contributed by atoms with van der Waals surface area (Å²) in [7, 11) is 2.03. The molecule has 1 fully saturated rings. The van der Waals surface area contributed by atoms with Gasteiger partial charge in [-0.05, 0) is 31.0 Å². The Morgan fingerprint density at radius 1 is 1.21 bits per heavy atom. The Hall–Kier alpha value is -1.35. The van der Waals surface area contributed by atoms with Crippen LogP contribution in [0.1, 0.15) is 43.9 Å². The summed E-state index contributed by atoms with van der Waals surface area (Å²) in [6.45, 7) is 9.00. The molecule has 0 aliphatic carbocycles. The molecule has 1 atom stereocenters. The topological polar surface area (TPSA) is 23.6 Å². The van der Waals surface area contributed by atoms with Crippen LogP contribution in [0, 0.1) is 0 Å². The highest BCUT2D eigenvalue weighted by Gasteiger charge is 2.32. The average molecular weight is 260 g/mol. The fraction of sp³-hybridized carbons (Fsp3) is 0.562. The van der Waals surface area contributed by atoms with Crippen molar-refractivity contribution in [2.45, 2.75) is 32.7 Å². The van der Waals surface area contributed by atoms with Gasteiger partial charge in [-0.2, -0.15) is 0 Å². The van der Waals surface area contributed by atoms with E-state index in [-0.39, 0.29) is 11.9 Å². The zero-order valence-corrected chi connectivity index (χ0v) is 12.4. The van der Waals surface area contributed by atoms with Gasteiger partial charge < -0.3 is 4.90 Å². The number of piperazine rings is 1. The van der Waals surface area contributed by atoms with Gasteiger partial charge in [0.15, 0.2) is 0 Å². The summed E-state index contributed by atoms with van der Waals surface area (Å²) in [6, 6.07) is 8.38. The van der Waals surface area contributed by atoms with Crippen molar-refractivity contribution < 1.29 is 4.79 Å². The Bertz CT molecular complexity index is 439. The van der Waals surface area contributed by atoms with Crippen molar-refractivity contribution in [2.75, 3.05) is 26.7 Å². The number of carbonyl (C=O) groups excluding carboxylic acids is 1. The molecule has 1 saturated heterocycles. The number of carbonyl (C=O) groups is 1. The van der Waals surface area contributed by atoms with Crippen LogP contribution in [-0.4, -0.2) is 42.4 Å². The van der Waals surface area contributed by atoms with Gasteiger partial charge >= 0.3 is 0 Å². The molecule has 0 N–H and O–H groups in total. The predicted octanol–water partition coefficient (Wildman–Crippen LogP) is 2.65. The highest BCUT2D eigenvalue weighted by atomic mass is 16.2. The molecule has 0 radical (unpaired) electrons. The summed E-state index contributed by atoms with van der Waals surface area (Å²) in [6.07, 6.45) is 0. The highest BCUT2D eigenvalue weighted by Crippen LogP contribution is 2.26. The Labute approximate surface area is 116 Å². The van der Waals surface area contributed by atoms with E-state index in [1.807, 2.05) is 18.9 Å². The molecule has 1 aromatic rings. The van der Waals surface area contributed by atoms with Crippen LogP contribution in [-0.2, 0) is 4.79 Å². The van der Waals surface area contributed by atoms with Gasteiger partial charge in [0.1, 0.15) is 6.04 Å². The van der Waals surface area contributed by atoms with E-state index in [2.05, 4.69) is 43.0 Å². The first-order valence-corrected chi connectivity index (χ1v) is 7.13. The summed E-state index contributed by atoms with van der Waals surface area (Å²) < 4.78 is 0. The van der Waals surface area contributed by atoms with E-state index in [0.29, 0.717) is 5.92 Å². The van der Waals surface area contributed by atoms with Crippen molar-refractivity contribution >= 4 is 5.91 Å². The molecule has 0 aromatic heterocycles. The molecule has 0 spiro atoms. The molecule has 0 saturated carbocycles. The predicted molar refractivity (Wildman–Crippen MR) is 78.2 cm³/mol. The van der Waals surface area contributed by atoms with Crippen molar-refractivity contribution in [3.05, 3.63) is 35.4 Å². The summed E-state index contributed by atoms with van der Waals surface area (Å²) in [5.41, 5.74) is 2.43. The minimum absolute atomic E-state index is 0.116. The summed E-state index contributed by atoms with van der Waals surface area (Å²) >= 11 is 0. The largest absolute Gasteiger partial charge is 0.340 e. The zero-order valence-electron chi connectivity index (χ0n) is 12.4. The van der Waals surface area contributed by atoms with E-state index in [1.54, 1.807) is 0 Å². The number of likely N-dealkylation sites (N-methyl/N-ethyl adjacent to an activating group) is 2. The van der Waals surface area contributed by atoms with Crippen LogP contribution in [0.4, 0.5) is 0 Å². The van der Waals surface area contributed by atoms with Crippen LogP contribution in [0.15, 0.2) is 24.3 Å². The second kappa shape index (κ2) is 5.74. The van der Waals surface area contributed by atoms with Crippen molar-refractivity contribution in [2.24, 2.45) is 0 Å². The summed E-state index contributed by atoms with van der Waals surface area (Å²) in [4.78, 5) is 16.6. The van der Waals surface area contributed by atoms with E-state index < -0.39 is 0 Å². The van der Waals surface area contributed by atoms with Crippen LogP contribution in [0.5, 0.6) is 0 Å². The molecule has 1 aromatic carbocycles. The third kappa shape index (κ3) is 2.81. The van der Waals surface area contributed by atoms with Crippen LogP contribution in [0.25, 0.3) is 0 Å². The van der Waals surface area contributed by atoms with Gasteiger partial charge in [-0.15, -0.1) is 0 Å². The van der Waals surface area contributed by atoms with Gasteiger partial charge in [-0.25, -0.2) is 0 Å². The van der Waals surface area contributed by atoms with Gasteiger partial charge in [0.2, 0.25) is 5.91 Å². The molecular formula is C16H24N2O. The second-order valence-electron chi connectivity index (χ2n) is 5.62. The van der Waals surface area contributed by atoms with Crippen LogP contribution < -0.4 is 0 Å². The third-order valence-electron chi connectivity index (χ3n) is 4.01. The third-order valence-corrected chi connectivity index (χ3v) is 4.01. The lowest BCUT2D eigenvalue weighted by molar-refractivity contribution is -0.140. The smallest absolute Gasteiger partial charge is 0.244 e. The van der Waals surface area contributed by atoms with Crippen LogP contribution in [0.2, 0.25) is 0 Å². The fourth-order valence-corrected chi connectivity index (χ4v) is 2.65. The van der Waals surface area contributed by atoms with E-state index in [1.165, 1.54) is 5.56 Å². The molecule has 1 heterocycles. The molecule has 2 rings (SSSR count). The molecule has 0 bridgehead atoms. The van der Waals surface area contributed by atoms with Crippen molar-refractivity contribution in [1.82, 2.24) is 9.80 Å². The molecule has 3 nitrogen and oxygen atoms in total. The van der Waals surface area contributed by atoms with E-state index in [0.717, 1.165) is 25.2 Å². The Morgan fingerprint density at radius 3 is 2.37 bits per heavy atom. The lowest BCUT2D eigenvalue weighted by Gasteiger charge is -2.38. The van der Waals surface area contributed by atoms with Crippen molar-refractivity contribution in [3.8, 4) is 0 Å². The van der Waals surface area contributed by atoms with E-state index in [4.69, 9.17) is 0 Å². The van der Waals surface area contributed by atoms with E-state index in [9.17, 15) is 4.79 Å². The first kappa shape index (κ1) is 14.1. The SMILES string of the molecule is CCN1CCN(C)C(c2ccc(C(C)C)cc2)C1=O. The molecule has 1 aliphatic rings. The minimum Gasteiger partial charge on any atom is -0.340 e. The quantitative estimate of drug-likeness (QED) is 0.834. The minimum atomic E-state index is -0.116. The van der Waals surface area contributed by atoms with Gasteiger partial charge in [0.05, 0.1) is 0 Å². The summed E-state index contributed by atoms with van der Waals surface area (Å²) in [5.74, 6) is 0.759. The maximum Gasteiger partial charge on any atom is 0.244 e. The standard InChI is InChI=1S/C16H24N2O/c1-5-18-11-10-17(4)15(16(18)19)14-8-6-13(7-9-14)12(2)3/h6-9,12,15H,5,10-11H2,1-4H3. The molecular weight excluding hydrogens is 236 g/mol. The maximum absolute atomic E-state index is 12.5. The van der Waals surface area contributed by atoms with Crippen molar-refractivity contribution in [1.29, 1.82) is 0 Å². The molecule has 3 heteroatoms. The van der Waals surface area contributed by atoms with Gasteiger partial charge in [0.25, 0.3) is 0 Å². The van der Waals surface area contributed by atoms with Crippen LogP contribution in [0.3, 0.4) is 0 Å². The average Bonchev–Trinajstić information content (AvgIpc) is 2.39. The highest BCUT2D eigenvalue weighted by molar-refractivity contribution is 5.84. The zero-order chi connectivity index (χ0) is 14.0. The number of benzene rings is 1. The molecule has 1 amide bonds. The van der Waals surface area contributed by atoms with Gasteiger partial charge in [-0.1, -0.05) is 38.1 Å². The van der Waals surface area contributed by atoms with Crippen LogP contribution >= 0.6 is 0 Å². The molecule has 1 aliphatic heterocycles. The van der Waals surface area contributed by atoms with E-state index >= 15 is 0 Å². The Morgan fingerprint density at radius 2 is 1.84 bits per heavy atom. The lowest BCUT2D eigenvalue weighted by atomic mass is 9.97. The maximum atomic E-state index is 12.5. The van der Waals surface area contributed by atoms with Crippen molar-refractivity contribution in [3.63, 3.8) is 0 Å². The summed E-state index contributed by atoms with van der Waals surface area (Å²) in [5, 5.41) is 0. The normalized spacial score (nSPS) is 21.2. The lowest BCUT2D eigenvalue weighted by Crippen LogP contribution is -2.50. The molecule has 1 unspecified atom stereocenters. The van der Waals surface area contributed by atoms with Gasteiger partial charge in [-0.3, -0.25) is 9.69 Å². The Balaban J connectivity index is 2.25. The second-order valence-corrected chi connectivity index (χ2v) is 5.62. The number of amides is 1. The first-order valence-electron chi connectivity index (χ1n) is 7.13. The monoisotopic (exact) mass is 260 g/mol. The van der Waals surface area contributed by atoms with Gasteiger partial charge in [0, 0.05) is 19.6 Å². The number of nitrogens with zero attached hydrogens (tertiary/aromatic N) is 2. The first-order chi connectivity index (χ1) is 9.04. The molecule has 104 valence electrons. The number of rotatable bonds is 3. The number of hydrogen-bond donors (Lipinski definition) is 0. The fourth-order valence-electron chi connectivity index (χ4n) is 2.65. The Kier molecular flexibility index (Phi) is 4.25.